The zero-order valence-electron chi connectivity index (χ0n) is 8.49. The molecule has 1 aliphatic rings. The summed E-state index contributed by atoms with van der Waals surface area (Å²) in [4.78, 5) is 3.93. The van der Waals surface area contributed by atoms with Gasteiger partial charge < -0.3 is 10.4 Å². The molecule has 1 fully saturated rings. The molecule has 0 aromatic carbocycles. The van der Waals surface area contributed by atoms with E-state index in [4.69, 9.17) is 11.6 Å². The average Bonchev–Trinajstić information content (AvgIpc) is 2.65. The van der Waals surface area contributed by atoms with Gasteiger partial charge >= 0.3 is 0 Å². The van der Waals surface area contributed by atoms with Crippen LogP contribution in [0.1, 0.15) is 19.3 Å². The largest absolute Gasteiger partial charge is 0.396 e. The van der Waals surface area contributed by atoms with Crippen LogP contribution >= 0.6 is 11.6 Å². The maximum Gasteiger partial charge on any atom is 0.131 e. The molecule has 0 aliphatic heterocycles. The molecule has 0 bridgehead atoms. The topological polar surface area (TPSA) is 45.1 Å². The molecule has 82 valence electrons. The predicted octanol–water partition coefficient (Wildman–Crippen LogP) is 2.31. The predicted molar refractivity (Wildman–Crippen MR) is 61.1 cm³/mol. The molecule has 0 unspecified atom stereocenters. The highest BCUT2D eigenvalue weighted by Gasteiger charge is 2.26. The number of pyridine rings is 1. The standard InChI is InChI=1S/C11H15ClN2O/c12-11-6-9(4-5-13-11)14-10-3-1-2-8(10)7-15/h4-6,8,10,15H,1-3,7H2,(H,13,14)/t8-,10-/m0/s1. The molecular weight excluding hydrogens is 212 g/mol. The molecule has 0 amide bonds. The quantitative estimate of drug-likeness (QED) is 0.778. The molecule has 1 saturated carbocycles. The molecule has 0 radical (unpaired) electrons. The van der Waals surface area contributed by atoms with Gasteiger partial charge in [0.1, 0.15) is 5.15 Å². The van der Waals surface area contributed by atoms with Gasteiger partial charge in [-0.15, -0.1) is 0 Å². The lowest BCUT2D eigenvalue weighted by molar-refractivity contribution is 0.222. The molecule has 2 atom stereocenters. The number of halogens is 1. The van der Waals surface area contributed by atoms with Crippen molar-refractivity contribution in [3.8, 4) is 0 Å². The molecule has 1 aromatic rings. The Kier molecular flexibility index (Phi) is 3.44. The number of aliphatic hydroxyl groups is 1. The zero-order chi connectivity index (χ0) is 10.7. The van der Waals surface area contributed by atoms with Crippen LogP contribution in [-0.4, -0.2) is 22.7 Å². The second-order valence-corrected chi connectivity index (χ2v) is 4.38. The summed E-state index contributed by atoms with van der Waals surface area (Å²) in [5, 5.41) is 13.1. The first kappa shape index (κ1) is 10.7. The molecule has 4 heteroatoms. The summed E-state index contributed by atoms with van der Waals surface area (Å²) in [6, 6.07) is 4.08. The van der Waals surface area contributed by atoms with Crippen molar-refractivity contribution in [3.63, 3.8) is 0 Å². The second kappa shape index (κ2) is 4.81. The zero-order valence-corrected chi connectivity index (χ0v) is 9.24. The fourth-order valence-corrected chi connectivity index (χ4v) is 2.33. The van der Waals surface area contributed by atoms with Gasteiger partial charge in [-0.3, -0.25) is 0 Å². The van der Waals surface area contributed by atoms with E-state index in [1.165, 1.54) is 6.42 Å². The number of aromatic nitrogens is 1. The van der Waals surface area contributed by atoms with Gasteiger partial charge in [0.25, 0.3) is 0 Å². The van der Waals surface area contributed by atoms with E-state index < -0.39 is 0 Å². The lowest BCUT2D eigenvalue weighted by Crippen LogP contribution is -2.26. The van der Waals surface area contributed by atoms with Crippen molar-refractivity contribution < 1.29 is 5.11 Å². The molecule has 2 N–H and O–H groups in total. The summed E-state index contributed by atoms with van der Waals surface area (Å²) in [6.45, 7) is 0.260. The minimum atomic E-state index is 0.260. The van der Waals surface area contributed by atoms with Crippen molar-refractivity contribution in [3.05, 3.63) is 23.5 Å². The fourth-order valence-electron chi connectivity index (χ4n) is 2.15. The molecule has 3 nitrogen and oxygen atoms in total. The first-order valence-corrected chi connectivity index (χ1v) is 5.66. The Morgan fingerprint density at radius 1 is 1.53 bits per heavy atom. The monoisotopic (exact) mass is 226 g/mol. The van der Waals surface area contributed by atoms with E-state index in [0.29, 0.717) is 17.1 Å². The van der Waals surface area contributed by atoms with Crippen molar-refractivity contribution in [2.45, 2.75) is 25.3 Å². The third kappa shape index (κ3) is 2.61. The first-order valence-electron chi connectivity index (χ1n) is 5.28. The Balaban J connectivity index is 2.02. The van der Waals surface area contributed by atoms with Crippen molar-refractivity contribution in [1.29, 1.82) is 0 Å². The minimum absolute atomic E-state index is 0.260. The van der Waals surface area contributed by atoms with Crippen LogP contribution in [0, 0.1) is 5.92 Å². The Morgan fingerprint density at radius 3 is 3.13 bits per heavy atom. The molecule has 0 spiro atoms. The highest BCUT2D eigenvalue weighted by Crippen LogP contribution is 2.28. The number of hydrogen-bond donors (Lipinski definition) is 2. The second-order valence-electron chi connectivity index (χ2n) is 3.99. The van der Waals surface area contributed by atoms with E-state index in [0.717, 1.165) is 18.5 Å². The number of anilines is 1. The Labute approximate surface area is 94.5 Å². The Bertz CT molecular complexity index is 332. The van der Waals surface area contributed by atoms with Crippen LogP contribution in [0.15, 0.2) is 18.3 Å². The lowest BCUT2D eigenvalue weighted by atomic mass is 10.1. The highest BCUT2D eigenvalue weighted by molar-refractivity contribution is 6.29. The summed E-state index contributed by atoms with van der Waals surface area (Å²) in [6.07, 6.45) is 5.09. The first-order chi connectivity index (χ1) is 7.29. The number of hydrogen-bond acceptors (Lipinski definition) is 3. The van der Waals surface area contributed by atoms with Crippen LogP contribution in [0.4, 0.5) is 5.69 Å². The van der Waals surface area contributed by atoms with Crippen molar-refractivity contribution in [2.75, 3.05) is 11.9 Å². The van der Waals surface area contributed by atoms with Crippen molar-refractivity contribution in [2.24, 2.45) is 5.92 Å². The van der Waals surface area contributed by atoms with Gasteiger partial charge in [-0.05, 0) is 25.0 Å². The third-order valence-corrected chi connectivity index (χ3v) is 3.18. The number of rotatable bonds is 3. The van der Waals surface area contributed by atoms with Gasteiger partial charge in [-0.2, -0.15) is 0 Å². The van der Waals surface area contributed by atoms with Crippen LogP contribution in [-0.2, 0) is 0 Å². The maximum atomic E-state index is 9.19. The fraction of sp³-hybridized carbons (Fsp3) is 0.545. The van der Waals surface area contributed by atoms with Crippen LogP contribution in [0.25, 0.3) is 0 Å². The van der Waals surface area contributed by atoms with Gasteiger partial charge in [-0.25, -0.2) is 4.98 Å². The summed E-state index contributed by atoms with van der Waals surface area (Å²) in [5.41, 5.74) is 0.986. The van der Waals surface area contributed by atoms with Crippen LogP contribution in [0.5, 0.6) is 0 Å². The Hall–Kier alpha value is -0.800. The molecular formula is C11H15ClN2O. The van der Waals surface area contributed by atoms with E-state index in [-0.39, 0.29) is 6.61 Å². The maximum absolute atomic E-state index is 9.19. The molecule has 1 aliphatic carbocycles. The van der Waals surface area contributed by atoms with E-state index in [1.807, 2.05) is 12.1 Å². The van der Waals surface area contributed by atoms with E-state index in [2.05, 4.69) is 10.3 Å². The van der Waals surface area contributed by atoms with Gasteiger partial charge in [0, 0.05) is 30.5 Å². The SMILES string of the molecule is OC[C@@H]1CCC[C@@H]1Nc1ccnc(Cl)c1. The van der Waals surface area contributed by atoms with Crippen LogP contribution < -0.4 is 5.32 Å². The summed E-state index contributed by atoms with van der Waals surface area (Å²) in [5.74, 6) is 0.372. The Morgan fingerprint density at radius 2 is 2.40 bits per heavy atom. The van der Waals surface area contributed by atoms with Crippen LogP contribution in [0.3, 0.4) is 0 Å². The van der Waals surface area contributed by atoms with Gasteiger partial charge in [0.15, 0.2) is 0 Å². The van der Waals surface area contributed by atoms with E-state index in [9.17, 15) is 5.11 Å². The smallest absolute Gasteiger partial charge is 0.131 e. The number of aliphatic hydroxyl groups excluding tert-OH is 1. The molecule has 0 saturated heterocycles. The summed E-state index contributed by atoms with van der Waals surface area (Å²) >= 11 is 5.80. The van der Waals surface area contributed by atoms with Crippen molar-refractivity contribution in [1.82, 2.24) is 4.98 Å². The molecule has 1 aromatic heterocycles. The van der Waals surface area contributed by atoms with Gasteiger partial charge in [0.05, 0.1) is 0 Å². The molecule has 1 heterocycles. The highest BCUT2D eigenvalue weighted by atomic mass is 35.5. The third-order valence-electron chi connectivity index (χ3n) is 2.97. The van der Waals surface area contributed by atoms with Crippen LogP contribution in [0.2, 0.25) is 5.15 Å². The molecule has 2 rings (SSSR count). The van der Waals surface area contributed by atoms with Crippen molar-refractivity contribution >= 4 is 17.3 Å². The number of nitrogens with zero attached hydrogens (tertiary/aromatic N) is 1. The summed E-state index contributed by atoms with van der Waals surface area (Å²) in [7, 11) is 0. The van der Waals surface area contributed by atoms with Gasteiger partial charge in [-0.1, -0.05) is 18.0 Å². The van der Waals surface area contributed by atoms with Gasteiger partial charge in [0.2, 0.25) is 0 Å². The lowest BCUT2D eigenvalue weighted by Gasteiger charge is -2.20. The van der Waals surface area contributed by atoms with E-state index >= 15 is 0 Å². The van der Waals surface area contributed by atoms with E-state index in [1.54, 1.807) is 6.20 Å². The average molecular weight is 227 g/mol. The number of nitrogens with one attached hydrogen (secondary N) is 1. The molecule has 15 heavy (non-hydrogen) atoms. The normalized spacial score (nSPS) is 25.5. The summed E-state index contributed by atoms with van der Waals surface area (Å²) < 4.78 is 0. The minimum Gasteiger partial charge on any atom is -0.396 e.